The van der Waals surface area contributed by atoms with E-state index in [9.17, 15) is 4.79 Å². The highest BCUT2D eigenvalue weighted by Crippen LogP contribution is 2.22. The van der Waals surface area contributed by atoms with Crippen molar-refractivity contribution in [3.8, 4) is 5.75 Å². The van der Waals surface area contributed by atoms with Crippen LogP contribution in [0, 0.1) is 0 Å². The van der Waals surface area contributed by atoms with E-state index in [1.54, 1.807) is 44.6 Å². The highest BCUT2D eigenvalue weighted by molar-refractivity contribution is 6.09. The van der Waals surface area contributed by atoms with Gasteiger partial charge in [-0.1, -0.05) is 0 Å². The second kappa shape index (κ2) is 6.06. The number of nitrogens with zero attached hydrogens (tertiary/aromatic N) is 2. The molecule has 0 bridgehead atoms. The minimum atomic E-state index is -0.118. The summed E-state index contributed by atoms with van der Waals surface area (Å²) in [6, 6.07) is 9.09. The number of carbonyl (C=O) groups excluding carboxylic acids is 1. The number of anilines is 2. The van der Waals surface area contributed by atoms with Gasteiger partial charge in [0.1, 0.15) is 5.75 Å². The second-order valence-electron chi connectivity index (χ2n) is 4.23. The Bertz CT molecular complexity index is 596. The summed E-state index contributed by atoms with van der Waals surface area (Å²) < 4.78 is 5.11. The summed E-state index contributed by atoms with van der Waals surface area (Å²) in [5.41, 5.74) is 2.08. The number of nitrogens with one attached hydrogen (secondary N) is 1. The molecular formula is C15H17N3O2. The van der Waals surface area contributed by atoms with E-state index in [1.165, 1.54) is 0 Å². The zero-order valence-corrected chi connectivity index (χ0v) is 11.8. The van der Waals surface area contributed by atoms with Gasteiger partial charge in [-0.15, -0.1) is 0 Å². The van der Waals surface area contributed by atoms with Crippen LogP contribution in [0.1, 0.15) is 10.4 Å². The molecule has 20 heavy (non-hydrogen) atoms. The minimum Gasteiger partial charge on any atom is -0.497 e. The van der Waals surface area contributed by atoms with Crippen LogP contribution in [0.4, 0.5) is 11.4 Å². The van der Waals surface area contributed by atoms with Crippen LogP contribution in [0.15, 0.2) is 42.7 Å². The Morgan fingerprint density at radius 3 is 2.55 bits per heavy atom. The average molecular weight is 271 g/mol. The van der Waals surface area contributed by atoms with Gasteiger partial charge in [-0.05, 0) is 30.3 Å². The van der Waals surface area contributed by atoms with E-state index in [1.807, 2.05) is 24.3 Å². The molecule has 2 rings (SSSR count). The highest BCUT2D eigenvalue weighted by Gasteiger charge is 2.16. The third-order valence-corrected chi connectivity index (χ3v) is 3.09. The first-order valence-electron chi connectivity index (χ1n) is 6.21. The predicted octanol–water partition coefficient (Wildman–Crippen LogP) is 2.41. The van der Waals surface area contributed by atoms with Gasteiger partial charge in [-0.2, -0.15) is 0 Å². The lowest BCUT2D eigenvalue weighted by Crippen LogP contribution is -2.27. The third-order valence-electron chi connectivity index (χ3n) is 3.09. The number of ether oxygens (including phenoxy) is 1. The maximum atomic E-state index is 12.5. The highest BCUT2D eigenvalue weighted by atomic mass is 16.5. The Hall–Kier alpha value is -2.56. The predicted molar refractivity (Wildman–Crippen MR) is 79.5 cm³/mol. The van der Waals surface area contributed by atoms with Crippen LogP contribution in [0.25, 0.3) is 0 Å². The van der Waals surface area contributed by atoms with E-state index in [0.717, 1.165) is 17.1 Å². The molecule has 0 radical (unpaired) electrons. The van der Waals surface area contributed by atoms with Crippen LogP contribution in [0.5, 0.6) is 5.75 Å². The maximum Gasteiger partial charge on any atom is 0.261 e. The average Bonchev–Trinajstić information content (AvgIpc) is 2.53. The topological polar surface area (TPSA) is 54.5 Å². The van der Waals surface area contributed by atoms with Gasteiger partial charge < -0.3 is 15.0 Å². The number of aromatic nitrogens is 1. The summed E-state index contributed by atoms with van der Waals surface area (Å²) >= 11 is 0. The van der Waals surface area contributed by atoms with Crippen LogP contribution in [0.2, 0.25) is 0 Å². The van der Waals surface area contributed by atoms with Crippen LogP contribution in [0.3, 0.4) is 0 Å². The van der Waals surface area contributed by atoms with Gasteiger partial charge >= 0.3 is 0 Å². The van der Waals surface area contributed by atoms with E-state index in [0.29, 0.717) is 5.56 Å². The van der Waals surface area contributed by atoms with Gasteiger partial charge in [-0.3, -0.25) is 9.78 Å². The lowest BCUT2D eigenvalue weighted by molar-refractivity contribution is 0.0993. The zero-order chi connectivity index (χ0) is 14.5. The van der Waals surface area contributed by atoms with Crippen LogP contribution < -0.4 is 15.0 Å². The Labute approximate surface area is 118 Å². The molecule has 0 fully saturated rings. The lowest BCUT2D eigenvalue weighted by atomic mass is 10.2. The van der Waals surface area contributed by atoms with Crippen molar-refractivity contribution >= 4 is 17.3 Å². The molecule has 5 heteroatoms. The summed E-state index contributed by atoms with van der Waals surface area (Å²) in [4.78, 5) is 18.1. The van der Waals surface area contributed by atoms with E-state index in [4.69, 9.17) is 4.74 Å². The van der Waals surface area contributed by atoms with Crippen molar-refractivity contribution in [2.45, 2.75) is 0 Å². The second-order valence-corrected chi connectivity index (χ2v) is 4.23. The fraction of sp³-hybridized carbons (Fsp3) is 0.200. The number of hydrogen-bond donors (Lipinski definition) is 1. The Kier molecular flexibility index (Phi) is 4.20. The lowest BCUT2D eigenvalue weighted by Gasteiger charge is -2.19. The summed E-state index contributed by atoms with van der Waals surface area (Å²) in [7, 11) is 5.12. The van der Waals surface area contributed by atoms with Gasteiger partial charge in [-0.25, -0.2) is 0 Å². The first-order chi connectivity index (χ1) is 9.67. The number of methoxy groups -OCH3 is 1. The molecule has 0 unspecified atom stereocenters. The van der Waals surface area contributed by atoms with Crippen LogP contribution in [-0.2, 0) is 0 Å². The number of carbonyl (C=O) groups is 1. The molecule has 0 atom stereocenters. The molecule has 0 saturated heterocycles. The van der Waals surface area contributed by atoms with Gasteiger partial charge in [0.15, 0.2) is 0 Å². The van der Waals surface area contributed by atoms with Crippen molar-refractivity contribution in [3.63, 3.8) is 0 Å². The van der Waals surface area contributed by atoms with E-state index in [2.05, 4.69) is 10.3 Å². The van der Waals surface area contributed by atoms with Crippen LogP contribution >= 0.6 is 0 Å². The third kappa shape index (κ3) is 2.71. The monoisotopic (exact) mass is 271 g/mol. The fourth-order valence-electron chi connectivity index (χ4n) is 1.89. The summed E-state index contributed by atoms with van der Waals surface area (Å²) in [6.45, 7) is 0. The van der Waals surface area contributed by atoms with Gasteiger partial charge in [0, 0.05) is 37.9 Å². The fourth-order valence-corrected chi connectivity index (χ4v) is 1.89. The van der Waals surface area contributed by atoms with Gasteiger partial charge in [0.25, 0.3) is 5.91 Å². The minimum absolute atomic E-state index is 0.118. The summed E-state index contributed by atoms with van der Waals surface area (Å²) in [5, 5.41) is 2.99. The standard InChI is InChI=1S/C15H17N3O2/c1-16-14-8-9-17-10-13(14)15(19)18(2)11-4-6-12(20-3)7-5-11/h4-10H,1-3H3,(H,16,17). The molecular weight excluding hydrogens is 254 g/mol. The van der Waals surface area contributed by atoms with Crippen molar-refractivity contribution in [3.05, 3.63) is 48.3 Å². The molecule has 0 aliphatic rings. The molecule has 1 N–H and O–H groups in total. The summed E-state index contributed by atoms with van der Waals surface area (Å²) in [5.74, 6) is 0.638. The normalized spacial score (nSPS) is 9.95. The number of amides is 1. The van der Waals surface area contributed by atoms with Crippen molar-refractivity contribution in [2.75, 3.05) is 31.4 Å². The molecule has 1 amide bonds. The molecule has 0 aliphatic heterocycles. The number of rotatable bonds is 4. The Morgan fingerprint density at radius 2 is 1.95 bits per heavy atom. The molecule has 2 aromatic rings. The van der Waals surface area contributed by atoms with E-state index < -0.39 is 0 Å². The van der Waals surface area contributed by atoms with Crippen molar-refractivity contribution in [2.24, 2.45) is 0 Å². The SMILES string of the molecule is CNc1ccncc1C(=O)N(C)c1ccc(OC)cc1. The molecule has 1 aromatic heterocycles. The largest absolute Gasteiger partial charge is 0.497 e. The first kappa shape index (κ1) is 13.9. The van der Waals surface area contributed by atoms with Crippen molar-refractivity contribution in [1.82, 2.24) is 4.98 Å². The Balaban J connectivity index is 2.27. The quantitative estimate of drug-likeness (QED) is 0.927. The van der Waals surface area contributed by atoms with Gasteiger partial charge in [0.2, 0.25) is 0 Å². The maximum absolute atomic E-state index is 12.5. The molecule has 0 saturated carbocycles. The molecule has 104 valence electrons. The summed E-state index contributed by atoms with van der Waals surface area (Å²) in [6.07, 6.45) is 3.21. The van der Waals surface area contributed by atoms with Crippen molar-refractivity contribution < 1.29 is 9.53 Å². The van der Waals surface area contributed by atoms with Gasteiger partial charge in [0.05, 0.1) is 12.7 Å². The number of pyridine rings is 1. The van der Waals surface area contributed by atoms with Crippen LogP contribution in [-0.4, -0.2) is 32.1 Å². The molecule has 5 nitrogen and oxygen atoms in total. The smallest absolute Gasteiger partial charge is 0.261 e. The number of benzene rings is 1. The first-order valence-corrected chi connectivity index (χ1v) is 6.21. The molecule has 1 aromatic carbocycles. The number of hydrogen-bond acceptors (Lipinski definition) is 4. The van der Waals surface area contributed by atoms with E-state index in [-0.39, 0.29) is 5.91 Å². The Morgan fingerprint density at radius 1 is 1.25 bits per heavy atom. The zero-order valence-electron chi connectivity index (χ0n) is 11.8. The van der Waals surface area contributed by atoms with Crippen molar-refractivity contribution in [1.29, 1.82) is 0 Å². The molecule has 0 aliphatic carbocycles. The molecule has 0 spiro atoms. The molecule has 1 heterocycles. The van der Waals surface area contributed by atoms with E-state index >= 15 is 0 Å².